The molecule has 1 aromatic rings. The van der Waals surface area contributed by atoms with Crippen molar-refractivity contribution in [3.8, 4) is 6.07 Å². The summed E-state index contributed by atoms with van der Waals surface area (Å²) in [5.74, 6) is -1.35. The molecule has 2 rings (SSSR count). The average Bonchev–Trinajstić information content (AvgIpc) is 2.47. The third-order valence-electron chi connectivity index (χ3n) is 3.76. The molecule has 0 saturated carbocycles. The standard InChI is InChI=1S/C14H16N2O4S/c1-10-8-13(3-2-12(10)9-15)21(19,20)16-6-4-11(5-7-16)14(17)18/h2-3,8,11H,4-7H2,1H3,(H,17,18). The zero-order valence-electron chi connectivity index (χ0n) is 11.6. The fourth-order valence-electron chi connectivity index (χ4n) is 2.41. The molecule has 1 aromatic carbocycles. The first-order chi connectivity index (χ1) is 9.86. The lowest BCUT2D eigenvalue weighted by molar-refractivity contribution is -0.142. The lowest BCUT2D eigenvalue weighted by atomic mass is 9.99. The van der Waals surface area contributed by atoms with Crippen LogP contribution in [0.4, 0.5) is 0 Å². The minimum atomic E-state index is -3.63. The minimum Gasteiger partial charge on any atom is -0.481 e. The van der Waals surface area contributed by atoms with Gasteiger partial charge in [-0.15, -0.1) is 0 Å². The number of hydrogen-bond acceptors (Lipinski definition) is 4. The largest absolute Gasteiger partial charge is 0.481 e. The summed E-state index contributed by atoms with van der Waals surface area (Å²) >= 11 is 0. The second-order valence-corrected chi connectivity index (χ2v) is 7.04. The minimum absolute atomic E-state index is 0.146. The highest BCUT2D eigenvalue weighted by Gasteiger charge is 2.32. The first kappa shape index (κ1) is 15.5. The normalized spacial score (nSPS) is 17.3. The van der Waals surface area contributed by atoms with E-state index in [-0.39, 0.29) is 18.0 Å². The van der Waals surface area contributed by atoms with Gasteiger partial charge in [-0.2, -0.15) is 9.57 Å². The van der Waals surface area contributed by atoms with Gasteiger partial charge in [0.1, 0.15) is 0 Å². The topological polar surface area (TPSA) is 98.5 Å². The lowest BCUT2D eigenvalue weighted by Gasteiger charge is -2.29. The van der Waals surface area contributed by atoms with Crippen LogP contribution in [0.5, 0.6) is 0 Å². The van der Waals surface area contributed by atoms with E-state index in [2.05, 4.69) is 0 Å². The van der Waals surface area contributed by atoms with Crippen LogP contribution in [0.15, 0.2) is 23.1 Å². The van der Waals surface area contributed by atoms with E-state index >= 15 is 0 Å². The zero-order valence-corrected chi connectivity index (χ0v) is 12.4. The molecule has 0 radical (unpaired) electrons. The molecule has 1 saturated heterocycles. The number of nitriles is 1. The summed E-state index contributed by atoms with van der Waals surface area (Å²) in [6.07, 6.45) is 0.646. The van der Waals surface area contributed by atoms with Crippen LogP contribution in [0.2, 0.25) is 0 Å². The van der Waals surface area contributed by atoms with Gasteiger partial charge in [0.25, 0.3) is 0 Å². The van der Waals surface area contributed by atoms with Crippen LogP contribution in [0.3, 0.4) is 0 Å². The van der Waals surface area contributed by atoms with E-state index in [1.807, 2.05) is 6.07 Å². The molecule has 1 N–H and O–H groups in total. The molecule has 21 heavy (non-hydrogen) atoms. The van der Waals surface area contributed by atoms with Gasteiger partial charge < -0.3 is 5.11 Å². The fraction of sp³-hybridized carbons (Fsp3) is 0.429. The van der Waals surface area contributed by atoms with Gasteiger partial charge in [-0.3, -0.25) is 4.79 Å². The van der Waals surface area contributed by atoms with Gasteiger partial charge in [0.2, 0.25) is 10.0 Å². The van der Waals surface area contributed by atoms with Gasteiger partial charge in [-0.1, -0.05) is 0 Å². The molecule has 7 heteroatoms. The molecule has 0 aliphatic carbocycles. The van der Waals surface area contributed by atoms with Gasteiger partial charge in [-0.05, 0) is 43.5 Å². The summed E-state index contributed by atoms with van der Waals surface area (Å²) < 4.78 is 26.3. The fourth-order valence-corrected chi connectivity index (χ4v) is 3.97. The predicted molar refractivity (Wildman–Crippen MR) is 75.0 cm³/mol. The Morgan fingerprint density at radius 3 is 2.48 bits per heavy atom. The molecule has 1 fully saturated rings. The number of aliphatic carboxylic acids is 1. The maximum Gasteiger partial charge on any atom is 0.306 e. The number of hydrogen-bond donors (Lipinski definition) is 1. The van der Waals surface area contributed by atoms with Crippen molar-refractivity contribution < 1.29 is 18.3 Å². The SMILES string of the molecule is Cc1cc(S(=O)(=O)N2CCC(C(=O)O)CC2)ccc1C#N. The lowest BCUT2D eigenvalue weighted by Crippen LogP contribution is -2.40. The molecule has 6 nitrogen and oxygen atoms in total. The number of carboxylic acid groups (broad SMARTS) is 1. The maximum absolute atomic E-state index is 12.5. The van der Waals surface area contributed by atoms with Crippen molar-refractivity contribution in [2.24, 2.45) is 5.92 Å². The quantitative estimate of drug-likeness (QED) is 0.908. The van der Waals surface area contributed by atoms with Crippen LogP contribution in [0.25, 0.3) is 0 Å². The molecule has 0 bridgehead atoms. The Hall–Kier alpha value is -1.91. The number of sulfonamides is 1. The number of benzene rings is 1. The van der Waals surface area contributed by atoms with Crippen molar-refractivity contribution in [2.45, 2.75) is 24.7 Å². The number of nitrogens with zero attached hydrogens (tertiary/aromatic N) is 2. The molecule has 0 amide bonds. The number of piperidine rings is 1. The van der Waals surface area contributed by atoms with Crippen molar-refractivity contribution in [1.29, 1.82) is 5.26 Å². The van der Waals surface area contributed by atoms with Gasteiger partial charge in [0.05, 0.1) is 22.4 Å². The van der Waals surface area contributed by atoms with Crippen molar-refractivity contribution >= 4 is 16.0 Å². The molecule has 112 valence electrons. The van der Waals surface area contributed by atoms with E-state index in [1.165, 1.54) is 22.5 Å². The summed E-state index contributed by atoms with van der Waals surface area (Å²) in [5, 5.41) is 17.8. The molecule has 1 heterocycles. The molecule has 0 atom stereocenters. The molecular formula is C14H16N2O4S. The zero-order chi connectivity index (χ0) is 15.6. The Kier molecular flexibility index (Phi) is 4.30. The van der Waals surface area contributed by atoms with Gasteiger partial charge in [0.15, 0.2) is 0 Å². The van der Waals surface area contributed by atoms with Crippen molar-refractivity contribution in [2.75, 3.05) is 13.1 Å². The predicted octanol–water partition coefficient (Wildman–Crippen LogP) is 1.35. The second-order valence-electron chi connectivity index (χ2n) is 5.11. The van der Waals surface area contributed by atoms with Crippen LogP contribution < -0.4 is 0 Å². The monoisotopic (exact) mass is 308 g/mol. The van der Waals surface area contributed by atoms with Gasteiger partial charge in [-0.25, -0.2) is 8.42 Å². The van der Waals surface area contributed by atoms with Crippen LogP contribution in [-0.4, -0.2) is 36.9 Å². The third-order valence-corrected chi connectivity index (χ3v) is 5.65. The van der Waals surface area contributed by atoms with E-state index in [0.717, 1.165) is 0 Å². The highest BCUT2D eigenvalue weighted by atomic mass is 32.2. The van der Waals surface area contributed by atoms with Gasteiger partial charge in [0, 0.05) is 13.1 Å². The summed E-state index contributed by atoms with van der Waals surface area (Å²) in [6, 6.07) is 6.39. The summed E-state index contributed by atoms with van der Waals surface area (Å²) in [5.41, 5.74) is 1.05. The first-order valence-corrected chi connectivity index (χ1v) is 8.04. The Labute approximate surface area is 123 Å². The van der Waals surface area contributed by atoms with E-state index in [4.69, 9.17) is 10.4 Å². The van der Waals surface area contributed by atoms with Crippen LogP contribution in [0, 0.1) is 24.2 Å². The number of carboxylic acids is 1. The molecule has 1 aliphatic heterocycles. The highest BCUT2D eigenvalue weighted by molar-refractivity contribution is 7.89. The van der Waals surface area contributed by atoms with E-state index in [1.54, 1.807) is 6.92 Å². The Morgan fingerprint density at radius 2 is 2.00 bits per heavy atom. The van der Waals surface area contributed by atoms with Crippen molar-refractivity contribution in [3.63, 3.8) is 0 Å². The van der Waals surface area contributed by atoms with Gasteiger partial charge >= 0.3 is 5.97 Å². The molecule has 0 aromatic heterocycles. The Balaban J connectivity index is 2.22. The number of rotatable bonds is 3. The number of carbonyl (C=O) groups is 1. The molecule has 0 spiro atoms. The van der Waals surface area contributed by atoms with Crippen molar-refractivity contribution in [1.82, 2.24) is 4.31 Å². The molecular weight excluding hydrogens is 292 g/mol. The average molecular weight is 308 g/mol. The highest BCUT2D eigenvalue weighted by Crippen LogP contribution is 2.25. The van der Waals surface area contributed by atoms with E-state index in [9.17, 15) is 13.2 Å². The Bertz CT molecular complexity index is 698. The summed E-state index contributed by atoms with van der Waals surface area (Å²) in [6.45, 7) is 2.10. The van der Waals surface area contributed by atoms with Crippen LogP contribution in [0.1, 0.15) is 24.0 Å². The molecule has 0 unspecified atom stereocenters. The molecule has 1 aliphatic rings. The van der Waals surface area contributed by atoms with Crippen LogP contribution in [-0.2, 0) is 14.8 Å². The Morgan fingerprint density at radius 1 is 1.38 bits per heavy atom. The van der Waals surface area contributed by atoms with Crippen LogP contribution >= 0.6 is 0 Å². The smallest absolute Gasteiger partial charge is 0.306 e. The maximum atomic E-state index is 12.5. The van der Waals surface area contributed by atoms with E-state index in [0.29, 0.717) is 24.0 Å². The summed E-state index contributed by atoms with van der Waals surface area (Å²) in [4.78, 5) is 11.0. The summed E-state index contributed by atoms with van der Waals surface area (Å²) in [7, 11) is -3.63. The third kappa shape index (κ3) is 3.06. The van der Waals surface area contributed by atoms with E-state index < -0.39 is 21.9 Å². The van der Waals surface area contributed by atoms with Crippen molar-refractivity contribution in [3.05, 3.63) is 29.3 Å². The first-order valence-electron chi connectivity index (χ1n) is 6.60. The second kappa shape index (κ2) is 5.84. The number of aryl methyl sites for hydroxylation is 1.